The van der Waals surface area contributed by atoms with Gasteiger partial charge in [-0.3, -0.25) is 14.6 Å². The van der Waals surface area contributed by atoms with Gasteiger partial charge in [0.15, 0.2) is 0 Å². The normalized spacial score (nSPS) is 23.1. The number of likely N-dealkylation sites (tertiary alicyclic amines) is 1. The number of carboxylic acids is 1. The molecule has 96 valence electrons. The van der Waals surface area contributed by atoms with Gasteiger partial charge < -0.3 is 10.0 Å². The number of carbonyl (C=O) groups is 2. The van der Waals surface area contributed by atoms with E-state index in [2.05, 4.69) is 4.98 Å². The van der Waals surface area contributed by atoms with Gasteiger partial charge in [-0.25, -0.2) is 0 Å². The Labute approximate surface area is 105 Å². The Kier molecular flexibility index (Phi) is 3.32. The van der Waals surface area contributed by atoms with Crippen molar-refractivity contribution in [1.82, 2.24) is 9.88 Å². The predicted molar refractivity (Wildman–Crippen MR) is 64.9 cm³/mol. The highest BCUT2D eigenvalue weighted by Crippen LogP contribution is 2.30. The van der Waals surface area contributed by atoms with Crippen LogP contribution in [0.15, 0.2) is 24.4 Å². The summed E-state index contributed by atoms with van der Waals surface area (Å²) in [6.45, 7) is 2.48. The summed E-state index contributed by atoms with van der Waals surface area (Å²) in [7, 11) is 0. The highest BCUT2D eigenvalue weighted by atomic mass is 16.4. The lowest BCUT2D eigenvalue weighted by Gasteiger charge is -2.20. The minimum absolute atomic E-state index is 0.0568. The molecule has 0 aliphatic carbocycles. The summed E-state index contributed by atoms with van der Waals surface area (Å²) in [5, 5.41) is 9.11. The van der Waals surface area contributed by atoms with Gasteiger partial charge in [-0.1, -0.05) is 6.07 Å². The van der Waals surface area contributed by atoms with E-state index in [0.29, 0.717) is 18.7 Å². The van der Waals surface area contributed by atoms with E-state index in [9.17, 15) is 9.59 Å². The van der Waals surface area contributed by atoms with E-state index in [1.165, 1.54) is 0 Å². The molecular weight excluding hydrogens is 232 g/mol. The molecule has 1 fully saturated rings. The molecule has 1 N–H and O–H groups in total. The zero-order chi connectivity index (χ0) is 13.2. The predicted octanol–water partition coefficient (Wildman–Crippen LogP) is 0.947. The van der Waals surface area contributed by atoms with E-state index in [-0.39, 0.29) is 18.9 Å². The number of carboxylic acid groups (broad SMARTS) is 1. The van der Waals surface area contributed by atoms with Crippen molar-refractivity contribution in [2.24, 2.45) is 5.41 Å². The number of aromatic nitrogens is 1. The molecule has 0 spiro atoms. The molecule has 1 saturated heterocycles. The zero-order valence-electron chi connectivity index (χ0n) is 10.3. The Balaban J connectivity index is 1.98. The first-order valence-corrected chi connectivity index (χ1v) is 5.92. The fourth-order valence-electron chi connectivity index (χ4n) is 2.12. The van der Waals surface area contributed by atoms with Gasteiger partial charge in [0.1, 0.15) is 0 Å². The van der Waals surface area contributed by atoms with Gasteiger partial charge in [-0.15, -0.1) is 0 Å². The highest BCUT2D eigenvalue weighted by Gasteiger charge is 2.41. The number of pyridine rings is 1. The lowest BCUT2D eigenvalue weighted by molar-refractivity contribution is -0.147. The van der Waals surface area contributed by atoms with E-state index < -0.39 is 11.4 Å². The summed E-state index contributed by atoms with van der Waals surface area (Å²) in [5.74, 6) is -0.894. The quantitative estimate of drug-likeness (QED) is 0.864. The Morgan fingerprint density at radius 1 is 1.50 bits per heavy atom. The Morgan fingerprint density at radius 2 is 2.28 bits per heavy atom. The van der Waals surface area contributed by atoms with Crippen molar-refractivity contribution in [1.29, 1.82) is 0 Å². The Bertz CT molecular complexity index is 461. The zero-order valence-corrected chi connectivity index (χ0v) is 10.3. The number of nitrogens with zero attached hydrogens (tertiary/aromatic N) is 2. The molecule has 1 atom stereocenters. The summed E-state index contributed by atoms with van der Waals surface area (Å²) < 4.78 is 0. The van der Waals surface area contributed by atoms with E-state index in [1.54, 1.807) is 30.2 Å². The van der Waals surface area contributed by atoms with Crippen LogP contribution in [0.4, 0.5) is 0 Å². The van der Waals surface area contributed by atoms with Crippen molar-refractivity contribution in [2.75, 3.05) is 13.1 Å². The Morgan fingerprint density at radius 3 is 2.83 bits per heavy atom. The van der Waals surface area contributed by atoms with Gasteiger partial charge in [0, 0.05) is 25.0 Å². The minimum atomic E-state index is -0.837. The molecule has 0 bridgehead atoms. The molecule has 1 aliphatic heterocycles. The topological polar surface area (TPSA) is 70.5 Å². The molecule has 1 aliphatic rings. The van der Waals surface area contributed by atoms with Crippen LogP contribution in [0, 0.1) is 5.41 Å². The van der Waals surface area contributed by atoms with E-state index >= 15 is 0 Å². The average Bonchev–Trinajstić information content (AvgIpc) is 2.75. The van der Waals surface area contributed by atoms with Gasteiger partial charge in [0.05, 0.1) is 11.8 Å². The van der Waals surface area contributed by atoms with Crippen molar-refractivity contribution in [2.45, 2.75) is 19.8 Å². The van der Waals surface area contributed by atoms with Crippen LogP contribution in [0.1, 0.15) is 19.0 Å². The third-order valence-corrected chi connectivity index (χ3v) is 3.40. The summed E-state index contributed by atoms with van der Waals surface area (Å²) in [4.78, 5) is 28.8. The lowest BCUT2D eigenvalue weighted by Crippen LogP contribution is -2.35. The van der Waals surface area contributed by atoms with Gasteiger partial charge in [0.2, 0.25) is 5.91 Å². The number of rotatable bonds is 3. The van der Waals surface area contributed by atoms with E-state index in [0.717, 1.165) is 0 Å². The van der Waals surface area contributed by atoms with E-state index in [1.807, 2.05) is 6.07 Å². The molecule has 5 heteroatoms. The van der Waals surface area contributed by atoms with Crippen LogP contribution < -0.4 is 0 Å². The molecule has 1 unspecified atom stereocenters. The summed E-state index contributed by atoms with van der Waals surface area (Å²) >= 11 is 0. The van der Waals surface area contributed by atoms with Crippen LogP contribution >= 0.6 is 0 Å². The van der Waals surface area contributed by atoms with Gasteiger partial charge >= 0.3 is 5.97 Å². The Hall–Kier alpha value is -1.91. The third kappa shape index (κ3) is 2.50. The van der Waals surface area contributed by atoms with Crippen LogP contribution in [0.25, 0.3) is 0 Å². The molecule has 0 saturated carbocycles. The van der Waals surface area contributed by atoms with Gasteiger partial charge in [-0.05, 0) is 25.5 Å². The second kappa shape index (κ2) is 4.76. The molecule has 1 aromatic heterocycles. The SMILES string of the molecule is CC1(C(=O)O)CCN(C(=O)Cc2ccccn2)C1. The van der Waals surface area contributed by atoms with Gasteiger partial charge in [0.25, 0.3) is 0 Å². The third-order valence-electron chi connectivity index (χ3n) is 3.40. The standard InChI is InChI=1S/C13H16N2O3/c1-13(12(17)18)5-7-15(9-13)11(16)8-10-4-2-3-6-14-10/h2-4,6H,5,7-9H2,1H3,(H,17,18). The maximum atomic E-state index is 12.0. The fourth-order valence-corrected chi connectivity index (χ4v) is 2.12. The lowest BCUT2D eigenvalue weighted by atomic mass is 9.90. The average molecular weight is 248 g/mol. The second-order valence-corrected chi connectivity index (χ2v) is 4.93. The van der Waals surface area contributed by atoms with Crippen molar-refractivity contribution in [3.63, 3.8) is 0 Å². The van der Waals surface area contributed by atoms with Crippen LogP contribution in [-0.2, 0) is 16.0 Å². The second-order valence-electron chi connectivity index (χ2n) is 4.93. The molecular formula is C13H16N2O3. The summed E-state index contributed by atoms with van der Waals surface area (Å²) in [5.41, 5.74) is -0.0915. The van der Waals surface area contributed by atoms with Crippen molar-refractivity contribution in [3.8, 4) is 0 Å². The van der Waals surface area contributed by atoms with Gasteiger partial charge in [-0.2, -0.15) is 0 Å². The molecule has 0 aromatic carbocycles. The first kappa shape index (κ1) is 12.5. The smallest absolute Gasteiger partial charge is 0.311 e. The molecule has 1 amide bonds. The monoisotopic (exact) mass is 248 g/mol. The van der Waals surface area contributed by atoms with Crippen LogP contribution in [-0.4, -0.2) is 40.0 Å². The van der Waals surface area contributed by atoms with Crippen molar-refractivity contribution in [3.05, 3.63) is 30.1 Å². The molecule has 2 rings (SSSR count). The molecule has 18 heavy (non-hydrogen) atoms. The first-order valence-electron chi connectivity index (χ1n) is 5.92. The summed E-state index contributed by atoms with van der Waals surface area (Å²) in [6.07, 6.45) is 2.39. The highest BCUT2D eigenvalue weighted by molar-refractivity contribution is 5.81. The number of hydrogen-bond acceptors (Lipinski definition) is 3. The summed E-state index contributed by atoms with van der Waals surface area (Å²) in [6, 6.07) is 5.43. The van der Waals surface area contributed by atoms with Crippen LogP contribution in [0.2, 0.25) is 0 Å². The van der Waals surface area contributed by atoms with Crippen molar-refractivity contribution >= 4 is 11.9 Å². The molecule has 1 aromatic rings. The molecule has 2 heterocycles. The number of amides is 1. The van der Waals surface area contributed by atoms with Crippen LogP contribution in [0.5, 0.6) is 0 Å². The maximum absolute atomic E-state index is 12.0. The molecule has 0 radical (unpaired) electrons. The molecule has 5 nitrogen and oxygen atoms in total. The first-order chi connectivity index (χ1) is 8.51. The largest absolute Gasteiger partial charge is 0.481 e. The van der Waals surface area contributed by atoms with Crippen molar-refractivity contribution < 1.29 is 14.7 Å². The maximum Gasteiger partial charge on any atom is 0.311 e. The number of hydrogen-bond donors (Lipinski definition) is 1. The number of aliphatic carboxylic acids is 1. The van der Waals surface area contributed by atoms with E-state index in [4.69, 9.17) is 5.11 Å². The fraction of sp³-hybridized carbons (Fsp3) is 0.462. The minimum Gasteiger partial charge on any atom is -0.481 e. The number of carbonyl (C=O) groups excluding carboxylic acids is 1. The van der Waals surface area contributed by atoms with Crippen LogP contribution in [0.3, 0.4) is 0 Å².